The molecule has 6 atom stereocenters. The molecular formula is C22H31BrO2. The monoisotopic (exact) mass is 406 g/mol. The lowest BCUT2D eigenvalue weighted by molar-refractivity contribution is 0.0214. The van der Waals surface area contributed by atoms with Crippen LogP contribution in [0.3, 0.4) is 0 Å². The fraction of sp³-hybridized carbons (Fsp3) is 0.727. The van der Waals surface area contributed by atoms with Gasteiger partial charge in [-0.3, -0.25) is 0 Å². The molecule has 2 nitrogen and oxygen atoms in total. The molecule has 25 heavy (non-hydrogen) atoms. The molecule has 0 saturated heterocycles. The predicted octanol–water partition coefficient (Wildman–Crippen LogP) is 5.31. The summed E-state index contributed by atoms with van der Waals surface area (Å²) in [5, 5.41) is 9.42. The number of aliphatic hydroxyl groups is 1. The number of ether oxygens (including phenoxy) is 1. The van der Waals surface area contributed by atoms with E-state index in [-0.39, 0.29) is 0 Å². The third-order valence-corrected chi connectivity index (χ3v) is 8.25. The van der Waals surface area contributed by atoms with Gasteiger partial charge in [-0.15, -0.1) is 0 Å². The van der Waals surface area contributed by atoms with Gasteiger partial charge in [-0.25, -0.2) is 0 Å². The summed E-state index contributed by atoms with van der Waals surface area (Å²) in [4.78, 5) is 0.692. The SMILES string of the molecule is COc1ccc2c(c1)C[C@@H](CCCO)[C@@H]1[C@@H]2CC[C@]2(C)C[C@H](Br)C[C@@H]12. The fourth-order valence-electron chi connectivity index (χ4n) is 6.50. The largest absolute Gasteiger partial charge is 0.497 e. The third kappa shape index (κ3) is 3.06. The highest BCUT2D eigenvalue weighted by molar-refractivity contribution is 9.09. The number of benzene rings is 1. The van der Waals surface area contributed by atoms with E-state index in [1.807, 2.05) is 0 Å². The molecule has 0 unspecified atom stereocenters. The van der Waals surface area contributed by atoms with E-state index in [0.717, 1.165) is 36.8 Å². The van der Waals surface area contributed by atoms with Crippen molar-refractivity contribution in [2.24, 2.45) is 23.2 Å². The highest BCUT2D eigenvalue weighted by Gasteiger charge is 2.54. The Morgan fingerprint density at radius 1 is 1.36 bits per heavy atom. The van der Waals surface area contributed by atoms with Gasteiger partial charge in [-0.2, -0.15) is 0 Å². The molecule has 4 rings (SSSR count). The van der Waals surface area contributed by atoms with Crippen molar-refractivity contribution in [2.45, 2.75) is 62.6 Å². The van der Waals surface area contributed by atoms with Crippen LogP contribution in [0.2, 0.25) is 0 Å². The quantitative estimate of drug-likeness (QED) is 0.685. The average molecular weight is 407 g/mol. The summed E-state index contributed by atoms with van der Waals surface area (Å²) < 4.78 is 5.49. The van der Waals surface area contributed by atoms with Gasteiger partial charge in [0.15, 0.2) is 0 Å². The molecule has 0 heterocycles. The molecule has 0 bridgehead atoms. The standard InChI is InChI=1S/C22H31BrO2/c1-22-8-7-19-18-6-5-17(25-2)11-15(18)10-14(4-3-9-24)21(19)20(22)12-16(23)13-22/h5-6,11,14,16,19-21,24H,3-4,7-10,12-13H2,1-2H3/t14-,16-,19-,20+,21-,22-/m1/s1. The van der Waals surface area contributed by atoms with E-state index in [0.29, 0.717) is 28.7 Å². The lowest BCUT2D eigenvalue weighted by atomic mass is 9.52. The number of aliphatic hydroxyl groups excluding tert-OH is 1. The smallest absolute Gasteiger partial charge is 0.119 e. The molecule has 0 amide bonds. The molecule has 3 heteroatoms. The van der Waals surface area contributed by atoms with Gasteiger partial charge in [0, 0.05) is 11.4 Å². The molecule has 1 aromatic rings. The van der Waals surface area contributed by atoms with Crippen molar-refractivity contribution in [1.82, 2.24) is 0 Å². The summed E-state index contributed by atoms with van der Waals surface area (Å²) in [6.07, 6.45) is 8.61. The lowest BCUT2D eigenvalue weighted by Crippen LogP contribution is -2.44. The highest BCUT2D eigenvalue weighted by Crippen LogP contribution is 2.63. The van der Waals surface area contributed by atoms with E-state index in [1.54, 1.807) is 12.7 Å². The molecule has 138 valence electrons. The van der Waals surface area contributed by atoms with E-state index in [9.17, 15) is 5.11 Å². The van der Waals surface area contributed by atoms with E-state index in [4.69, 9.17) is 4.74 Å². The number of rotatable bonds is 4. The van der Waals surface area contributed by atoms with Crippen LogP contribution < -0.4 is 4.74 Å². The van der Waals surface area contributed by atoms with Crippen molar-refractivity contribution in [3.05, 3.63) is 29.3 Å². The zero-order chi connectivity index (χ0) is 17.6. The summed E-state index contributed by atoms with van der Waals surface area (Å²) in [5.74, 6) is 4.01. The minimum absolute atomic E-state index is 0.321. The molecule has 2 fully saturated rings. The summed E-state index contributed by atoms with van der Waals surface area (Å²) in [6, 6.07) is 6.77. The van der Waals surface area contributed by atoms with Gasteiger partial charge < -0.3 is 9.84 Å². The zero-order valence-electron chi connectivity index (χ0n) is 15.5. The Labute approximate surface area is 160 Å². The maximum Gasteiger partial charge on any atom is 0.119 e. The van der Waals surface area contributed by atoms with Gasteiger partial charge in [0.1, 0.15) is 5.75 Å². The van der Waals surface area contributed by atoms with Crippen LogP contribution in [0.5, 0.6) is 5.75 Å². The summed E-state index contributed by atoms with van der Waals surface area (Å²) >= 11 is 3.95. The van der Waals surface area contributed by atoms with Gasteiger partial charge in [0.2, 0.25) is 0 Å². The zero-order valence-corrected chi connectivity index (χ0v) is 17.1. The number of hydrogen-bond donors (Lipinski definition) is 1. The number of alkyl halides is 1. The normalized spacial score (nSPS) is 39.4. The van der Waals surface area contributed by atoms with E-state index in [2.05, 4.69) is 41.1 Å². The van der Waals surface area contributed by atoms with Crippen LogP contribution in [0.15, 0.2) is 18.2 Å². The Bertz CT molecular complexity index is 630. The summed E-state index contributed by atoms with van der Waals surface area (Å²) in [6.45, 7) is 2.86. The number of halogens is 1. The molecule has 0 aliphatic heterocycles. The van der Waals surface area contributed by atoms with Crippen LogP contribution >= 0.6 is 15.9 Å². The highest BCUT2D eigenvalue weighted by atomic mass is 79.9. The van der Waals surface area contributed by atoms with Crippen LogP contribution in [0.4, 0.5) is 0 Å². The lowest BCUT2D eigenvalue weighted by Gasteiger charge is -2.52. The average Bonchev–Trinajstić information content (AvgIpc) is 2.92. The molecule has 0 aromatic heterocycles. The molecule has 0 spiro atoms. The van der Waals surface area contributed by atoms with Crippen molar-refractivity contribution in [1.29, 1.82) is 0 Å². The first-order chi connectivity index (χ1) is 12.1. The molecule has 3 aliphatic carbocycles. The van der Waals surface area contributed by atoms with Gasteiger partial charge in [0.25, 0.3) is 0 Å². The second kappa shape index (κ2) is 6.88. The first-order valence-corrected chi connectivity index (χ1v) is 10.9. The maximum absolute atomic E-state index is 9.42. The van der Waals surface area contributed by atoms with Crippen LogP contribution in [0.25, 0.3) is 0 Å². The second-order valence-electron chi connectivity index (χ2n) is 8.91. The van der Waals surface area contributed by atoms with Crippen molar-refractivity contribution in [3.63, 3.8) is 0 Å². The van der Waals surface area contributed by atoms with Crippen LogP contribution in [0.1, 0.15) is 62.5 Å². The third-order valence-electron chi connectivity index (χ3n) is 7.56. The number of hydrogen-bond acceptors (Lipinski definition) is 2. The topological polar surface area (TPSA) is 29.5 Å². The number of methoxy groups -OCH3 is 1. The number of fused-ring (bicyclic) bond motifs is 5. The van der Waals surface area contributed by atoms with Gasteiger partial charge in [-0.1, -0.05) is 28.9 Å². The molecular weight excluding hydrogens is 376 g/mol. The van der Waals surface area contributed by atoms with Crippen LogP contribution in [0, 0.1) is 23.2 Å². The fourth-order valence-corrected chi connectivity index (χ4v) is 7.64. The van der Waals surface area contributed by atoms with Gasteiger partial charge >= 0.3 is 0 Å². The van der Waals surface area contributed by atoms with E-state index < -0.39 is 0 Å². The van der Waals surface area contributed by atoms with Crippen molar-refractivity contribution < 1.29 is 9.84 Å². The Morgan fingerprint density at radius 2 is 2.20 bits per heavy atom. The van der Waals surface area contributed by atoms with Crippen LogP contribution in [-0.4, -0.2) is 23.7 Å². The maximum atomic E-state index is 9.42. The van der Waals surface area contributed by atoms with Crippen LogP contribution in [-0.2, 0) is 6.42 Å². The van der Waals surface area contributed by atoms with Crippen molar-refractivity contribution >= 4 is 15.9 Å². The Morgan fingerprint density at radius 3 is 2.96 bits per heavy atom. The Hall–Kier alpha value is -0.540. The molecule has 0 radical (unpaired) electrons. The van der Waals surface area contributed by atoms with E-state index in [1.165, 1.54) is 31.2 Å². The van der Waals surface area contributed by atoms with Crippen molar-refractivity contribution in [3.8, 4) is 5.75 Å². The first-order valence-electron chi connectivity index (χ1n) is 9.97. The van der Waals surface area contributed by atoms with Gasteiger partial charge in [0.05, 0.1) is 7.11 Å². The first kappa shape index (κ1) is 17.9. The Kier molecular flexibility index (Phi) is 4.92. The summed E-state index contributed by atoms with van der Waals surface area (Å²) in [7, 11) is 1.76. The molecule has 1 N–H and O–H groups in total. The minimum Gasteiger partial charge on any atom is -0.497 e. The van der Waals surface area contributed by atoms with Gasteiger partial charge in [-0.05, 0) is 97.3 Å². The minimum atomic E-state index is 0.321. The molecule has 2 saturated carbocycles. The second-order valence-corrected chi connectivity index (χ2v) is 10.2. The molecule has 3 aliphatic rings. The molecule has 1 aromatic carbocycles. The summed E-state index contributed by atoms with van der Waals surface area (Å²) in [5.41, 5.74) is 3.60. The van der Waals surface area contributed by atoms with Crippen molar-refractivity contribution in [2.75, 3.05) is 13.7 Å². The van der Waals surface area contributed by atoms with E-state index >= 15 is 0 Å². The Balaban J connectivity index is 1.72. The predicted molar refractivity (Wildman–Crippen MR) is 106 cm³/mol.